The Bertz CT molecular complexity index is 489. The second kappa shape index (κ2) is 3.17. The second-order valence-electron chi connectivity index (χ2n) is 3.21. The maximum atomic E-state index is 11.0. The first-order valence-corrected chi connectivity index (χ1v) is 4.31. The summed E-state index contributed by atoms with van der Waals surface area (Å²) in [7, 11) is 1.84. The average Bonchev–Trinajstić information content (AvgIpc) is 2.44. The van der Waals surface area contributed by atoms with Crippen LogP contribution in [0.5, 0.6) is 0 Å². The number of hydrogen-bond acceptors (Lipinski definition) is 4. The van der Waals surface area contributed by atoms with Crippen LogP contribution in [0.2, 0.25) is 0 Å². The van der Waals surface area contributed by atoms with E-state index in [1.54, 1.807) is 23.8 Å². The molecule has 0 spiro atoms. The summed E-state index contributed by atoms with van der Waals surface area (Å²) >= 11 is 0. The van der Waals surface area contributed by atoms with Crippen LogP contribution in [0.4, 0.5) is 0 Å². The van der Waals surface area contributed by atoms with E-state index in [1.807, 2.05) is 7.05 Å². The van der Waals surface area contributed by atoms with Crippen molar-refractivity contribution in [1.82, 2.24) is 19.7 Å². The van der Waals surface area contributed by atoms with Crippen molar-refractivity contribution in [1.29, 1.82) is 0 Å². The smallest absolute Gasteiger partial charge is 0.182 e. The van der Waals surface area contributed by atoms with Crippen LogP contribution in [0.3, 0.4) is 0 Å². The van der Waals surface area contributed by atoms with Crippen molar-refractivity contribution in [3.05, 3.63) is 18.1 Å². The monoisotopic (exact) mass is 190 g/mol. The van der Waals surface area contributed by atoms with E-state index >= 15 is 0 Å². The number of imidazole rings is 1. The second-order valence-corrected chi connectivity index (χ2v) is 3.21. The molecule has 0 aliphatic carbocycles. The van der Waals surface area contributed by atoms with Crippen LogP contribution in [0.15, 0.2) is 12.3 Å². The van der Waals surface area contributed by atoms with Gasteiger partial charge in [0.15, 0.2) is 5.65 Å². The van der Waals surface area contributed by atoms with Crippen LogP contribution in [-0.2, 0) is 18.3 Å². The number of fused-ring (bicyclic) bond motifs is 1. The molecule has 0 aliphatic heterocycles. The maximum absolute atomic E-state index is 11.0. The van der Waals surface area contributed by atoms with Gasteiger partial charge < -0.3 is 4.57 Å². The van der Waals surface area contributed by atoms with Gasteiger partial charge in [-0.2, -0.15) is 5.10 Å². The number of aromatic nitrogens is 4. The largest absolute Gasteiger partial charge is 0.314 e. The van der Waals surface area contributed by atoms with Crippen LogP contribution >= 0.6 is 0 Å². The molecule has 0 aromatic carbocycles. The topological polar surface area (TPSA) is 60.7 Å². The number of ketones is 1. The predicted octanol–water partition coefficient (Wildman–Crippen LogP) is 0.495. The van der Waals surface area contributed by atoms with E-state index in [2.05, 4.69) is 15.2 Å². The minimum atomic E-state index is 0.0939. The molecule has 5 heteroatoms. The third kappa shape index (κ3) is 1.37. The van der Waals surface area contributed by atoms with Crippen molar-refractivity contribution >= 4 is 16.9 Å². The molecule has 14 heavy (non-hydrogen) atoms. The van der Waals surface area contributed by atoms with E-state index in [1.165, 1.54) is 0 Å². The maximum Gasteiger partial charge on any atom is 0.182 e. The lowest BCUT2D eigenvalue weighted by Gasteiger charge is -1.97. The van der Waals surface area contributed by atoms with Crippen molar-refractivity contribution in [2.75, 3.05) is 0 Å². The minimum Gasteiger partial charge on any atom is -0.314 e. The molecule has 0 N–H and O–H groups in total. The Hall–Kier alpha value is -1.78. The molecule has 0 atom stereocenters. The van der Waals surface area contributed by atoms with Gasteiger partial charge in [0.05, 0.1) is 12.6 Å². The highest BCUT2D eigenvalue weighted by atomic mass is 16.1. The van der Waals surface area contributed by atoms with Gasteiger partial charge in [-0.1, -0.05) is 0 Å². The fourth-order valence-electron chi connectivity index (χ4n) is 1.36. The normalized spacial score (nSPS) is 10.7. The van der Waals surface area contributed by atoms with Crippen LogP contribution in [0, 0.1) is 0 Å². The van der Waals surface area contributed by atoms with Gasteiger partial charge in [-0.3, -0.25) is 4.79 Å². The number of aryl methyl sites for hydroxylation is 1. The van der Waals surface area contributed by atoms with Crippen LogP contribution < -0.4 is 0 Å². The van der Waals surface area contributed by atoms with E-state index in [0.29, 0.717) is 12.1 Å². The number of rotatable bonds is 2. The molecular weight excluding hydrogens is 180 g/mol. The van der Waals surface area contributed by atoms with Crippen LogP contribution in [0.25, 0.3) is 11.2 Å². The first-order chi connectivity index (χ1) is 6.68. The van der Waals surface area contributed by atoms with E-state index in [9.17, 15) is 4.79 Å². The average molecular weight is 190 g/mol. The van der Waals surface area contributed by atoms with Gasteiger partial charge in [0.25, 0.3) is 0 Å². The molecule has 0 unspecified atom stereocenters. The van der Waals surface area contributed by atoms with Gasteiger partial charge in [-0.05, 0) is 13.0 Å². The molecule has 2 aromatic rings. The minimum absolute atomic E-state index is 0.0939. The Morgan fingerprint density at radius 3 is 3.00 bits per heavy atom. The summed E-state index contributed by atoms with van der Waals surface area (Å²) in [6.07, 6.45) is 1.93. The van der Waals surface area contributed by atoms with Gasteiger partial charge in [-0.25, -0.2) is 4.98 Å². The van der Waals surface area contributed by atoms with E-state index in [4.69, 9.17) is 0 Å². The molecule has 0 bridgehead atoms. The lowest BCUT2D eigenvalue weighted by molar-refractivity contribution is -0.116. The Labute approximate surface area is 80.8 Å². The number of hydrogen-bond donors (Lipinski definition) is 0. The summed E-state index contributed by atoms with van der Waals surface area (Å²) in [6.45, 7) is 1.55. The number of Topliss-reactive ketones (excluding diaryl/α,β-unsaturated/α-hetero) is 1. The van der Waals surface area contributed by atoms with Crippen molar-refractivity contribution in [2.24, 2.45) is 7.05 Å². The molecular formula is C9H10N4O. The molecule has 5 nitrogen and oxygen atoms in total. The number of carbonyl (C=O) groups is 1. The molecule has 0 radical (unpaired) electrons. The van der Waals surface area contributed by atoms with Crippen molar-refractivity contribution in [2.45, 2.75) is 13.3 Å². The molecule has 2 heterocycles. The van der Waals surface area contributed by atoms with Gasteiger partial charge in [-0.15, -0.1) is 5.10 Å². The Morgan fingerprint density at radius 1 is 1.57 bits per heavy atom. The summed E-state index contributed by atoms with van der Waals surface area (Å²) in [4.78, 5) is 15.2. The lowest BCUT2D eigenvalue weighted by atomic mass is 10.3. The fraction of sp³-hybridized carbons (Fsp3) is 0.333. The van der Waals surface area contributed by atoms with Gasteiger partial charge in [0.2, 0.25) is 0 Å². The molecule has 72 valence electrons. The van der Waals surface area contributed by atoms with E-state index < -0.39 is 0 Å². The van der Waals surface area contributed by atoms with Gasteiger partial charge >= 0.3 is 0 Å². The summed E-state index contributed by atoms with van der Waals surface area (Å²) < 4.78 is 1.80. The summed E-state index contributed by atoms with van der Waals surface area (Å²) in [5, 5.41) is 7.72. The first kappa shape index (κ1) is 8.80. The summed E-state index contributed by atoms with van der Waals surface area (Å²) in [6, 6.07) is 1.78. The quantitative estimate of drug-likeness (QED) is 0.691. The molecule has 0 aliphatic rings. The number of nitrogens with zero attached hydrogens (tertiary/aromatic N) is 4. The third-order valence-electron chi connectivity index (χ3n) is 2.04. The van der Waals surface area contributed by atoms with Gasteiger partial charge in [0.1, 0.15) is 17.1 Å². The van der Waals surface area contributed by atoms with Crippen molar-refractivity contribution in [3.63, 3.8) is 0 Å². The van der Waals surface area contributed by atoms with E-state index in [0.717, 1.165) is 11.3 Å². The van der Waals surface area contributed by atoms with Crippen molar-refractivity contribution in [3.8, 4) is 0 Å². The molecule has 0 saturated heterocycles. The van der Waals surface area contributed by atoms with Crippen molar-refractivity contribution < 1.29 is 4.79 Å². The fourth-order valence-corrected chi connectivity index (χ4v) is 1.36. The predicted molar refractivity (Wildman–Crippen MR) is 50.7 cm³/mol. The Balaban J connectivity index is 2.57. The van der Waals surface area contributed by atoms with Gasteiger partial charge in [0, 0.05) is 7.05 Å². The summed E-state index contributed by atoms with van der Waals surface area (Å²) in [5.41, 5.74) is 1.49. The van der Waals surface area contributed by atoms with Crippen LogP contribution in [0.1, 0.15) is 12.7 Å². The molecule has 2 aromatic heterocycles. The van der Waals surface area contributed by atoms with Crippen LogP contribution in [-0.4, -0.2) is 25.5 Å². The molecule has 0 fully saturated rings. The Kier molecular flexibility index (Phi) is 1.99. The van der Waals surface area contributed by atoms with E-state index in [-0.39, 0.29) is 5.78 Å². The third-order valence-corrected chi connectivity index (χ3v) is 2.04. The zero-order valence-electron chi connectivity index (χ0n) is 8.06. The summed E-state index contributed by atoms with van der Waals surface area (Å²) in [5.74, 6) is 0.823. The highest BCUT2D eigenvalue weighted by molar-refractivity contribution is 5.79. The molecule has 0 amide bonds. The zero-order chi connectivity index (χ0) is 10.1. The highest BCUT2D eigenvalue weighted by Crippen LogP contribution is 2.10. The molecule has 0 saturated carbocycles. The first-order valence-electron chi connectivity index (χ1n) is 4.31. The highest BCUT2D eigenvalue weighted by Gasteiger charge is 2.09. The SMILES string of the molecule is CC(=O)Cc1nc2ccnnc2n1C. The molecule has 2 rings (SSSR count). The Morgan fingerprint density at radius 2 is 2.36 bits per heavy atom. The standard InChI is InChI=1S/C9H10N4O/c1-6(14)5-8-11-7-3-4-10-12-9(7)13(8)2/h3-4H,5H2,1-2H3. The number of carbonyl (C=O) groups excluding carboxylic acids is 1. The zero-order valence-corrected chi connectivity index (χ0v) is 8.06. The lowest BCUT2D eigenvalue weighted by Crippen LogP contribution is -2.04.